The summed E-state index contributed by atoms with van der Waals surface area (Å²) in [4.78, 5) is 13.6. The molecule has 0 fully saturated rings. The number of fused-ring (bicyclic) bond motifs is 1. The van der Waals surface area contributed by atoms with E-state index in [1.54, 1.807) is 14.2 Å². The van der Waals surface area contributed by atoms with E-state index < -0.39 is 0 Å². The quantitative estimate of drug-likeness (QED) is 0.755. The molecule has 2 aromatic carbocycles. The molecule has 0 saturated heterocycles. The van der Waals surface area contributed by atoms with Gasteiger partial charge in [-0.05, 0) is 37.1 Å². The van der Waals surface area contributed by atoms with E-state index in [0.717, 1.165) is 31.0 Å². The molecule has 2 N–H and O–H groups in total. The van der Waals surface area contributed by atoms with Gasteiger partial charge in [0, 0.05) is 24.0 Å². The first-order chi connectivity index (χ1) is 14.0. The molecule has 1 unspecified atom stereocenters. The third-order valence-corrected chi connectivity index (χ3v) is 6.02. The molecule has 1 aliphatic heterocycles. The van der Waals surface area contributed by atoms with Gasteiger partial charge in [0.1, 0.15) is 12.6 Å². The molecule has 1 aliphatic rings. The van der Waals surface area contributed by atoms with Gasteiger partial charge in [0.15, 0.2) is 11.5 Å². The van der Waals surface area contributed by atoms with E-state index in [1.807, 2.05) is 6.92 Å². The second-order valence-corrected chi connectivity index (χ2v) is 7.85. The lowest BCUT2D eigenvalue weighted by Gasteiger charge is -2.38. The van der Waals surface area contributed by atoms with Crippen LogP contribution in [0.4, 0.5) is 0 Å². The number of hydrogen-bond acceptors (Lipinski definition) is 3. The average Bonchev–Trinajstić information content (AvgIpc) is 2.73. The van der Waals surface area contributed by atoms with Gasteiger partial charge in [0.25, 0.3) is 0 Å². The van der Waals surface area contributed by atoms with Crippen LogP contribution >= 0.6 is 0 Å². The zero-order valence-corrected chi connectivity index (χ0v) is 18.2. The highest BCUT2D eigenvalue weighted by Crippen LogP contribution is 2.35. The predicted octanol–water partition coefficient (Wildman–Crippen LogP) is 2.61. The van der Waals surface area contributed by atoms with Crippen LogP contribution in [-0.2, 0) is 17.8 Å². The van der Waals surface area contributed by atoms with Crippen LogP contribution < -0.4 is 19.7 Å². The summed E-state index contributed by atoms with van der Waals surface area (Å²) in [5.74, 6) is 1.58. The summed E-state index contributed by atoms with van der Waals surface area (Å²) < 4.78 is 11.1. The molecule has 2 aromatic rings. The minimum atomic E-state index is 0.0126. The molecule has 0 spiro atoms. The highest BCUT2D eigenvalue weighted by Gasteiger charge is 2.37. The Morgan fingerprint density at radius 1 is 1.21 bits per heavy atom. The molecule has 1 amide bonds. The third kappa shape index (κ3) is 4.56. The molecule has 5 nitrogen and oxygen atoms in total. The lowest BCUT2D eigenvalue weighted by atomic mass is 9.87. The van der Waals surface area contributed by atoms with E-state index in [9.17, 15) is 4.79 Å². The van der Waals surface area contributed by atoms with Crippen molar-refractivity contribution in [2.75, 3.05) is 20.8 Å². The molecule has 29 heavy (non-hydrogen) atoms. The summed E-state index contributed by atoms with van der Waals surface area (Å²) in [6, 6.07) is 12.9. The number of rotatable bonds is 7. The van der Waals surface area contributed by atoms with Crippen LogP contribution in [-0.4, -0.2) is 32.7 Å². The van der Waals surface area contributed by atoms with Crippen LogP contribution in [0.3, 0.4) is 0 Å². The maximum atomic E-state index is 12.2. The number of carbonyl (C=O) groups excluding carboxylic acids is 1. The van der Waals surface area contributed by atoms with Crippen molar-refractivity contribution in [2.24, 2.45) is 0 Å². The average molecular weight is 398 g/mol. The number of quaternary nitrogens is 1. The van der Waals surface area contributed by atoms with Gasteiger partial charge in [-0.1, -0.05) is 31.2 Å². The summed E-state index contributed by atoms with van der Waals surface area (Å²) in [6.45, 7) is 8.10. The van der Waals surface area contributed by atoms with Crippen molar-refractivity contribution in [3.8, 4) is 11.5 Å². The molecule has 0 aliphatic carbocycles. The lowest BCUT2D eigenvalue weighted by molar-refractivity contribution is -0.948. The highest BCUT2D eigenvalue weighted by atomic mass is 16.5. The van der Waals surface area contributed by atoms with Gasteiger partial charge >= 0.3 is 0 Å². The summed E-state index contributed by atoms with van der Waals surface area (Å²) in [7, 11) is 3.34. The molecule has 0 aromatic heterocycles. The molecular formula is C24H33N2O3+. The van der Waals surface area contributed by atoms with Gasteiger partial charge in [0.2, 0.25) is 5.91 Å². The van der Waals surface area contributed by atoms with E-state index in [4.69, 9.17) is 9.47 Å². The first-order valence-electron chi connectivity index (χ1n) is 10.4. The number of aryl methyl sites for hydroxylation is 1. The Morgan fingerprint density at radius 2 is 1.90 bits per heavy atom. The highest BCUT2D eigenvalue weighted by molar-refractivity contribution is 5.75. The number of methoxy groups -OCH3 is 2. The first-order valence-corrected chi connectivity index (χ1v) is 10.4. The number of benzene rings is 2. The van der Waals surface area contributed by atoms with Gasteiger partial charge in [-0.3, -0.25) is 4.79 Å². The molecule has 3 atom stereocenters. The SMILES string of the molecule is CCC(=O)N[C@@H](C)[C@@H]1c2cc(OC)c(OC)cc2CC[NH+]1Cc1ccccc1C. The molecule has 3 rings (SSSR count). The van der Waals surface area contributed by atoms with Crippen molar-refractivity contribution in [1.29, 1.82) is 0 Å². The Balaban J connectivity index is 2.01. The van der Waals surface area contributed by atoms with Crippen LogP contribution in [0.15, 0.2) is 36.4 Å². The molecule has 5 heteroatoms. The van der Waals surface area contributed by atoms with Crippen LogP contribution in [0.25, 0.3) is 0 Å². The van der Waals surface area contributed by atoms with Crippen molar-refractivity contribution in [3.05, 3.63) is 58.7 Å². The number of hydrogen-bond donors (Lipinski definition) is 2. The van der Waals surface area contributed by atoms with E-state index in [-0.39, 0.29) is 18.0 Å². The summed E-state index contributed by atoms with van der Waals surface area (Å²) >= 11 is 0. The Kier molecular flexibility index (Phi) is 6.80. The van der Waals surface area contributed by atoms with Crippen LogP contribution in [0.5, 0.6) is 11.5 Å². The normalized spacial score (nSPS) is 19.2. The van der Waals surface area contributed by atoms with E-state index >= 15 is 0 Å². The van der Waals surface area contributed by atoms with Gasteiger partial charge in [-0.25, -0.2) is 0 Å². The molecule has 0 bridgehead atoms. The number of carbonyl (C=O) groups is 1. The molecule has 0 saturated carbocycles. The number of nitrogens with one attached hydrogen (secondary N) is 2. The maximum absolute atomic E-state index is 12.2. The van der Waals surface area contributed by atoms with E-state index in [0.29, 0.717) is 6.42 Å². The minimum Gasteiger partial charge on any atom is -0.493 e. The first kappa shape index (κ1) is 21.2. The van der Waals surface area contributed by atoms with Gasteiger partial charge in [-0.15, -0.1) is 0 Å². The maximum Gasteiger partial charge on any atom is 0.220 e. The van der Waals surface area contributed by atoms with Crippen LogP contribution in [0.2, 0.25) is 0 Å². The van der Waals surface area contributed by atoms with Crippen LogP contribution in [0, 0.1) is 6.92 Å². The fourth-order valence-corrected chi connectivity index (χ4v) is 4.43. The summed E-state index contributed by atoms with van der Waals surface area (Å²) in [5.41, 5.74) is 5.17. The molecule has 1 heterocycles. The fraction of sp³-hybridized carbons (Fsp3) is 0.458. The van der Waals surface area contributed by atoms with Crippen molar-refractivity contribution < 1.29 is 19.2 Å². The Bertz CT molecular complexity index is 865. The smallest absolute Gasteiger partial charge is 0.220 e. The summed E-state index contributed by atoms with van der Waals surface area (Å²) in [5, 5.41) is 3.20. The monoisotopic (exact) mass is 397 g/mol. The Labute approximate surface area is 174 Å². The molecule has 156 valence electrons. The van der Waals surface area contributed by atoms with Gasteiger partial charge in [0.05, 0.1) is 26.8 Å². The van der Waals surface area contributed by atoms with Crippen molar-refractivity contribution >= 4 is 5.91 Å². The number of ether oxygens (including phenoxy) is 2. The standard InChI is InChI=1S/C24H32N2O3/c1-6-23(27)25-17(3)24-20-14-22(29-5)21(28-4)13-18(20)11-12-26(24)15-19-10-8-7-9-16(19)2/h7-10,13-14,17,24H,6,11-12,15H2,1-5H3,(H,25,27)/p+1/t17-,24+/m0/s1. The van der Waals surface area contributed by atoms with Crippen molar-refractivity contribution in [3.63, 3.8) is 0 Å². The number of amides is 1. The Hall–Kier alpha value is -2.53. The fourth-order valence-electron chi connectivity index (χ4n) is 4.43. The largest absolute Gasteiger partial charge is 0.493 e. The molecule has 0 radical (unpaired) electrons. The Morgan fingerprint density at radius 3 is 2.55 bits per heavy atom. The lowest BCUT2D eigenvalue weighted by Crippen LogP contribution is -3.13. The zero-order chi connectivity index (χ0) is 21.0. The van der Waals surface area contributed by atoms with Crippen molar-refractivity contribution in [2.45, 2.75) is 52.2 Å². The van der Waals surface area contributed by atoms with E-state index in [1.165, 1.54) is 27.2 Å². The predicted molar refractivity (Wildman–Crippen MR) is 115 cm³/mol. The zero-order valence-electron chi connectivity index (χ0n) is 18.2. The minimum absolute atomic E-state index is 0.0126. The summed E-state index contributed by atoms with van der Waals surface area (Å²) in [6.07, 6.45) is 1.46. The third-order valence-electron chi connectivity index (χ3n) is 6.02. The van der Waals surface area contributed by atoms with E-state index in [2.05, 4.69) is 55.6 Å². The van der Waals surface area contributed by atoms with Crippen LogP contribution in [0.1, 0.15) is 48.6 Å². The van der Waals surface area contributed by atoms with Gasteiger partial charge < -0.3 is 19.7 Å². The molecular weight excluding hydrogens is 364 g/mol. The van der Waals surface area contributed by atoms with Gasteiger partial charge in [-0.2, -0.15) is 0 Å². The second kappa shape index (κ2) is 9.31. The topological polar surface area (TPSA) is 52.0 Å². The second-order valence-electron chi connectivity index (χ2n) is 7.85. The van der Waals surface area contributed by atoms with Crippen molar-refractivity contribution in [1.82, 2.24) is 5.32 Å².